The first kappa shape index (κ1) is 15.3. The molecular weight excluding hydrogens is 256 g/mol. The zero-order valence-corrected chi connectivity index (χ0v) is 12.2. The quantitative estimate of drug-likeness (QED) is 0.690. The van der Waals surface area contributed by atoms with E-state index in [2.05, 4.69) is 11.0 Å². The maximum Gasteiger partial charge on any atom is 0.211 e. The van der Waals surface area contributed by atoms with E-state index in [1.807, 2.05) is 11.8 Å². The normalized spacial score (nSPS) is 26.0. The van der Waals surface area contributed by atoms with Gasteiger partial charge in [-0.15, -0.1) is 0 Å². The highest BCUT2D eigenvalue weighted by Gasteiger charge is 2.23. The summed E-state index contributed by atoms with van der Waals surface area (Å²) in [5, 5.41) is 0.716. The van der Waals surface area contributed by atoms with Crippen molar-refractivity contribution in [3.8, 4) is 0 Å². The van der Waals surface area contributed by atoms with E-state index in [1.165, 1.54) is 0 Å². The summed E-state index contributed by atoms with van der Waals surface area (Å²) < 4.78 is 26.4. The average molecular weight is 280 g/mol. The maximum absolute atomic E-state index is 11.8. The highest BCUT2D eigenvalue weighted by atomic mass is 32.2. The molecule has 0 aromatic heterocycles. The second-order valence-electron chi connectivity index (χ2n) is 4.64. The molecule has 102 valence electrons. The predicted molar refractivity (Wildman–Crippen MR) is 74.8 cm³/mol. The Balaban J connectivity index is 2.28. The molecule has 1 aliphatic rings. The molecule has 1 saturated carbocycles. The lowest BCUT2D eigenvalue weighted by Crippen LogP contribution is -2.39. The van der Waals surface area contributed by atoms with Crippen molar-refractivity contribution < 1.29 is 8.42 Å². The second-order valence-corrected chi connectivity index (χ2v) is 7.65. The Labute approximate surface area is 109 Å². The van der Waals surface area contributed by atoms with Gasteiger partial charge in [0.1, 0.15) is 0 Å². The molecule has 0 unspecified atom stereocenters. The summed E-state index contributed by atoms with van der Waals surface area (Å²) in [6, 6.07) is 0.154. The monoisotopic (exact) mass is 280 g/mol. The van der Waals surface area contributed by atoms with Gasteiger partial charge in [-0.3, -0.25) is 0 Å². The molecule has 0 aromatic carbocycles. The summed E-state index contributed by atoms with van der Waals surface area (Å²) in [6.07, 6.45) is 7.76. The number of nitrogens with one attached hydrogen (secondary N) is 1. The molecular formula is C11H24N2O2S2. The van der Waals surface area contributed by atoms with Crippen molar-refractivity contribution in [1.29, 1.82) is 0 Å². The van der Waals surface area contributed by atoms with Crippen molar-refractivity contribution in [2.75, 3.05) is 18.6 Å². The molecule has 0 aromatic rings. The highest BCUT2D eigenvalue weighted by molar-refractivity contribution is 7.99. The lowest BCUT2D eigenvalue weighted by molar-refractivity contribution is 0.419. The number of hydrogen-bond acceptors (Lipinski definition) is 4. The van der Waals surface area contributed by atoms with Crippen molar-refractivity contribution in [3.05, 3.63) is 0 Å². The van der Waals surface area contributed by atoms with Gasteiger partial charge in [0.25, 0.3) is 0 Å². The molecule has 6 heteroatoms. The molecule has 0 spiro atoms. The van der Waals surface area contributed by atoms with Crippen LogP contribution in [0.3, 0.4) is 0 Å². The van der Waals surface area contributed by atoms with Gasteiger partial charge in [-0.05, 0) is 51.3 Å². The highest BCUT2D eigenvalue weighted by Crippen LogP contribution is 2.27. The SMILES string of the molecule is CSC1CCC(NS(=O)(=O)CCCCN)CC1. The Bertz CT molecular complexity index is 299. The zero-order chi connectivity index (χ0) is 12.7. The largest absolute Gasteiger partial charge is 0.330 e. The standard InChI is InChI=1S/C11H24N2O2S2/c1-16-11-6-4-10(5-7-11)13-17(14,15)9-3-2-8-12/h10-11,13H,2-9,12H2,1H3. The van der Waals surface area contributed by atoms with Gasteiger partial charge in [0, 0.05) is 11.3 Å². The first-order valence-corrected chi connectivity index (χ1v) is 9.24. The molecule has 4 nitrogen and oxygen atoms in total. The van der Waals surface area contributed by atoms with Crippen LogP contribution >= 0.6 is 11.8 Å². The van der Waals surface area contributed by atoms with Crippen molar-refractivity contribution in [1.82, 2.24) is 4.72 Å². The van der Waals surface area contributed by atoms with Gasteiger partial charge in [-0.1, -0.05) is 0 Å². The predicted octanol–water partition coefficient (Wildman–Crippen LogP) is 1.32. The maximum atomic E-state index is 11.8. The van der Waals surface area contributed by atoms with Crippen LogP contribution in [0.5, 0.6) is 0 Å². The van der Waals surface area contributed by atoms with Crippen LogP contribution in [0.25, 0.3) is 0 Å². The zero-order valence-electron chi connectivity index (χ0n) is 10.5. The van der Waals surface area contributed by atoms with Gasteiger partial charge in [-0.25, -0.2) is 13.1 Å². The fourth-order valence-corrected chi connectivity index (χ4v) is 4.35. The molecule has 0 aliphatic heterocycles. The van der Waals surface area contributed by atoms with Crippen LogP contribution in [0.2, 0.25) is 0 Å². The molecule has 1 fully saturated rings. The Morgan fingerprint density at radius 1 is 1.24 bits per heavy atom. The Morgan fingerprint density at radius 3 is 2.41 bits per heavy atom. The Hall–Kier alpha value is 0.220. The van der Waals surface area contributed by atoms with E-state index in [1.54, 1.807) is 0 Å². The van der Waals surface area contributed by atoms with Crippen molar-refractivity contribution in [2.24, 2.45) is 5.73 Å². The van der Waals surface area contributed by atoms with Crippen LogP contribution in [-0.4, -0.2) is 38.3 Å². The minimum atomic E-state index is -3.09. The number of rotatable bonds is 7. The third kappa shape index (κ3) is 6.08. The van der Waals surface area contributed by atoms with Crippen LogP contribution in [0.1, 0.15) is 38.5 Å². The van der Waals surface area contributed by atoms with E-state index in [-0.39, 0.29) is 11.8 Å². The summed E-state index contributed by atoms with van der Waals surface area (Å²) in [5.41, 5.74) is 5.36. The van der Waals surface area contributed by atoms with Crippen LogP contribution in [0.4, 0.5) is 0 Å². The lowest BCUT2D eigenvalue weighted by Gasteiger charge is -2.27. The molecule has 0 saturated heterocycles. The minimum absolute atomic E-state index is 0.154. The number of thioether (sulfide) groups is 1. The van der Waals surface area contributed by atoms with Gasteiger partial charge in [0.15, 0.2) is 0 Å². The van der Waals surface area contributed by atoms with Gasteiger partial charge in [0.05, 0.1) is 5.75 Å². The number of unbranched alkanes of at least 4 members (excludes halogenated alkanes) is 1. The molecule has 17 heavy (non-hydrogen) atoms. The van der Waals surface area contributed by atoms with E-state index in [0.29, 0.717) is 18.2 Å². The van der Waals surface area contributed by atoms with E-state index in [9.17, 15) is 8.42 Å². The summed E-state index contributed by atoms with van der Waals surface area (Å²) in [6.45, 7) is 0.564. The van der Waals surface area contributed by atoms with Crippen molar-refractivity contribution in [2.45, 2.75) is 49.8 Å². The third-order valence-electron chi connectivity index (χ3n) is 3.22. The van der Waals surface area contributed by atoms with Crippen LogP contribution in [0, 0.1) is 0 Å². The smallest absolute Gasteiger partial charge is 0.211 e. The molecule has 0 amide bonds. The van der Waals surface area contributed by atoms with Crippen LogP contribution < -0.4 is 10.5 Å². The topological polar surface area (TPSA) is 72.2 Å². The fourth-order valence-electron chi connectivity index (χ4n) is 2.17. The minimum Gasteiger partial charge on any atom is -0.330 e. The number of hydrogen-bond donors (Lipinski definition) is 2. The summed E-state index contributed by atoms with van der Waals surface area (Å²) in [4.78, 5) is 0. The number of nitrogens with two attached hydrogens (primary N) is 1. The van der Waals surface area contributed by atoms with E-state index >= 15 is 0 Å². The molecule has 3 N–H and O–H groups in total. The molecule has 0 heterocycles. The summed E-state index contributed by atoms with van der Waals surface area (Å²) in [5.74, 6) is 0.215. The first-order chi connectivity index (χ1) is 8.07. The van der Waals surface area contributed by atoms with Gasteiger partial charge >= 0.3 is 0 Å². The van der Waals surface area contributed by atoms with Crippen molar-refractivity contribution >= 4 is 21.8 Å². The van der Waals surface area contributed by atoms with Gasteiger partial charge < -0.3 is 5.73 Å². The lowest BCUT2D eigenvalue weighted by atomic mass is 9.96. The first-order valence-electron chi connectivity index (χ1n) is 6.30. The third-order valence-corrected chi connectivity index (χ3v) is 5.88. The van der Waals surface area contributed by atoms with Crippen LogP contribution in [0.15, 0.2) is 0 Å². The fraction of sp³-hybridized carbons (Fsp3) is 1.00. The van der Waals surface area contributed by atoms with E-state index < -0.39 is 10.0 Å². The van der Waals surface area contributed by atoms with Crippen LogP contribution in [-0.2, 0) is 10.0 Å². The Morgan fingerprint density at radius 2 is 1.88 bits per heavy atom. The molecule has 1 rings (SSSR count). The summed E-state index contributed by atoms with van der Waals surface area (Å²) >= 11 is 1.89. The molecule has 0 bridgehead atoms. The second kappa shape index (κ2) is 7.61. The molecule has 0 radical (unpaired) electrons. The average Bonchev–Trinajstić information content (AvgIpc) is 2.30. The van der Waals surface area contributed by atoms with Crippen molar-refractivity contribution in [3.63, 3.8) is 0 Å². The number of sulfonamides is 1. The van der Waals surface area contributed by atoms with E-state index in [4.69, 9.17) is 5.73 Å². The summed E-state index contributed by atoms with van der Waals surface area (Å²) in [7, 11) is -3.09. The molecule has 1 aliphatic carbocycles. The van der Waals surface area contributed by atoms with Gasteiger partial charge in [0.2, 0.25) is 10.0 Å². The Kier molecular flexibility index (Phi) is 6.84. The van der Waals surface area contributed by atoms with E-state index in [0.717, 1.165) is 32.1 Å². The molecule has 0 atom stereocenters. The van der Waals surface area contributed by atoms with Gasteiger partial charge in [-0.2, -0.15) is 11.8 Å².